The van der Waals surface area contributed by atoms with E-state index >= 15 is 0 Å². The normalized spacial score (nSPS) is 24.0. The van der Waals surface area contributed by atoms with Crippen molar-refractivity contribution in [1.82, 2.24) is 5.32 Å². The lowest BCUT2D eigenvalue weighted by molar-refractivity contribution is 0.416. The predicted octanol–water partition coefficient (Wildman–Crippen LogP) is 3.88. The van der Waals surface area contributed by atoms with Crippen molar-refractivity contribution in [3.8, 4) is 5.75 Å². The number of hydrogen-bond acceptors (Lipinski definition) is 2. The van der Waals surface area contributed by atoms with Crippen LogP contribution < -0.4 is 5.32 Å². The van der Waals surface area contributed by atoms with E-state index in [4.69, 9.17) is 0 Å². The Morgan fingerprint density at radius 3 is 2.78 bits per heavy atom. The van der Waals surface area contributed by atoms with Crippen LogP contribution in [-0.4, -0.2) is 11.7 Å². The smallest absolute Gasteiger partial charge is 0.120 e. The summed E-state index contributed by atoms with van der Waals surface area (Å²) in [4.78, 5) is 0. The molecule has 3 atom stereocenters. The Hall–Kier alpha value is -1.02. The average molecular weight is 247 g/mol. The number of phenols is 1. The van der Waals surface area contributed by atoms with Crippen LogP contribution in [0.2, 0.25) is 0 Å². The molecule has 2 N–H and O–H groups in total. The van der Waals surface area contributed by atoms with Gasteiger partial charge in [0, 0.05) is 11.6 Å². The summed E-state index contributed by atoms with van der Waals surface area (Å²) in [6, 6.07) is 4.19. The molecule has 3 unspecified atom stereocenters. The number of phenolic OH excluding ortho intramolecular Hbond substituents is 1. The van der Waals surface area contributed by atoms with Crippen LogP contribution >= 0.6 is 0 Å². The van der Waals surface area contributed by atoms with Crippen molar-refractivity contribution in [2.75, 3.05) is 6.54 Å². The monoisotopic (exact) mass is 247 g/mol. The van der Waals surface area contributed by atoms with E-state index in [1.54, 1.807) is 0 Å². The molecule has 2 rings (SSSR count). The lowest BCUT2D eigenvalue weighted by Gasteiger charge is -2.18. The first-order chi connectivity index (χ1) is 8.54. The molecule has 2 heteroatoms. The third-order valence-electron chi connectivity index (χ3n) is 4.32. The van der Waals surface area contributed by atoms with Gasteiger partial charge in [0.1, 0.15) is 5.75 Å². The van der Waals surface area contributed by atoms with Crippen LogP contribution in [0.25, 0.3) is 0 Å². The summed E-state index contributed by atoms with van der Waals surface area (Å²) in [6.07, 6.45) is 2.30. The fourth-order valence-electron chi connectivity index (χ4n) is 3.02. The van der Waals surface area contributed by atoms with Gasteiger partial charge in [-0.1, -0.05) is 33.3 Å². The van der Waals surface area contributed by atoms with Crippen molar-refractivity contribution >= 4 is 0 Å². The minimum absolute atomic E-state index is 0.323. The van der Waals surface area contributed by atoms with Gasteiger partial charge in [-0.2, -0.15) is 0 Å². The van der Waals surface area contributed by atoms with Crippen molar-refractivity contribution in [2.45, 2.75) is 52.5 Å². The fourth-order valence-corrected chi connectivity index (χ4v) is 3.02. The molecule has 0 spiro atoms. The van der Waals surface area contributed by atoms with Crippen molar-refractivity contribution < 1.29 is 5.11 Å². The second-order valence-corrected chi connectivity index (χ2v) is 5.84. The van der Waals surface area contributed by atoms with Gasteiger partial charge in [-0.05, 0) is 48.9 Å². The molecule has 1 aliphatic carbocycles. The quantitative estimate of drug-likeness (QED) is 0.846. The van der Waals surface area contributed by atoms with Gasteiger partial charge in [0.05, 0.1) is 0 Å². The third kappa shape index (κ3) is 2.39. The Morgan fingerprint density at radius 2 is 2.11 bits per heavy atom. The number of aryl methyl sites for hydroxylation is 1. The zero-order valence-electron chi connectivity index (χ0n) is 12.0. The van der Waals surface area contributed by atoms with Crippen LogP contribution in [0.3, 0.4) is 0 Å². The molecule has 0 aromatic heterocycles. The molecule has 0 radical (unpaired) electrons. The van der Waals surface area contributed by atoms with Gasteiger partial charge in [0.15, 0.2) is 0 Å². The lowest BCUT2D eigenvalue weighted by atomic mass is 9.97. The van der Waals surface area contributed by atoms with E-state index in [2.05, 4.69) is 33.0 Å². The highest BCUT2D eigenvalue weighted by molar-refractivity contribution is 5.50. The van der Waals surface area contributed by atoms with E-state index in [9.17, 15) is 5.11 Å². The van der Waals surface area contributed by atoms with Gasteiger partial charge in [-0.3, -0.25) is 0 Å². The molecule has 0 aliphatic heterocycles. The number of rotatable bonds is 4. The second kappa shape index (κ2) is 5.31. The van der Waals surface area contributed by atoms with E-state index in [0.29, 0.717) is 23.6 Å². The summed E-state index contributed by atoms with van der Waals surface area (Å²) >= 11 is 0. The molecular formula is C16H25NO. The van der Waals surface area contributed by atoms with Gasteiger partial charge in [-0.25, -0.2) is 0 Å². The molecule has 1 aliphatic rings. The molecule has 0 saturated carbocycles. The molecule has 0 bridgehead atoms. The first-order valence-corrected chi connectivity index (χ1v) is 7.10. The summed E-state index contributed by atoms with van der Waals surface area (Å²) in [5.74, 6) is 1.69. The molecule has 1 aromatic carbocycles. The van der Waals surface area contributed by atoms with E-state index in [1.807, 2.05) is 12.1 Å². The molecule has 0 fully saturated rings. The van der Waals surface area contributed by atoms with Gasteiger partial charge in [-0.15, -0.1) is 0 Å². The number of hydrogen-bond donors (Lipinski definition) is 2. The van der Waals surface area contributed by atoms with Crippen molar-refractivity contribution in [2.24, 2.45) is 5.92 Å². The van der Waals surface area contributed by atoms with E-state index < -0.39 is 0 Å². The Labute approximate surface area is 110 Å². The zero-order valence-corrected chi connectivity index (χ0v) is 12.0. The van der Waals surface area contributed by atoms with Crippen molar-refractivity contribution in [3.63, 3.8) is 0 Å². The highest BCUT2D eigenvalue weighted by Crippen LogP contribution is 2.45. The molecule has 2 nitrogen and oxygen atoms in total. The van der Waals surface area contributed by atoms with Crippen molar-refractivity contribution in [3.05, 3.63) is 28.8 Å². The van der Waals surface area contributed by atoms with E-state index in [0.717, 1.165) is 18.5 Å². The summed E-state index contributed by atoms with van der Waals surface area (Å²) in [5, 5.41) is 13.8. The summed E-state index contributed by atoms with van der Waals surface area (Å²) in [5.41, 5.74) is 3.81. The fraction of sp³-hybridized carbons (Fsp3) is 0.625. The molecule has 0 saturated heterocycles. The Kier molecular flexibility index (Phi) is 3.96. The number of nitrogens with one attached hydrogen (secondary N) is 1. The van der Waals surface area contributed by atoms with Crippen LogP contribution in [0.15, 0.2) is 12.1 Å². The van der Waals surface area contributed by atoms with Crippen molar-refractivity contribution in [1.29, 1.82) is 0 Å². The molecule has 0 amide bonds. The van der Waals surface area contributed by atoms with Crippen LogP contribution in [0.5, 0.6) is 5.75 Å². The van der Waals surface area contributed by atoms with Crippen LogP contribution in [0.4, 0.5) is 0 Å². The Bertz CT molecular complexity index is 427. The maximum Gasteiger partial charge on any atom is 0.120 e. The maximum atomic E-state index is 10.1. The van der Waals surface area contributed by atoms with Gasteiger partial charge < -0.3 is 10.4 Å². The molecule has 100 valence electrons. The number of benzene rings is 1. The lowest BCUT2D eigenvalue weighted by Crippen LogP contribution is -2.24. The standard InChI is InChI=1S/C16H25NO/c1-5-10(2)9-17-13-8-12(4)15-11(3)6-7-14(18)16(13)15/h6-7,10,12-13,17-18H,5,8-9H2,1-4H3. The highest BCUT2D eigenvalue weighted by atomic mass is 16.3. The molecule has 1 aromatic rings. The van der Waals surface area contributed by atoms with E-state index in [1.165, 1.54) is 17.5 Å². The third-order valence-corrected chi connectivity index (χ3v) is 4.32. The first-order valence-electron chi connectivity index (χ1n) is 7.10. The average Bonchev–Trinajstić information content (AvgIpc) is 2.69. The zero-order chi connectivity index (χ0) is 13.3. The minimum atomic E-state index is 0.323. The van der Waals surface area contributed by atoms with Crippen LogP contribution in [0.1, 0.15) is 62.3 Å². The van der Waals surface area contributed by atoms with Crippen LogP contribution in [-0.2, 0) is 0 Å². The second-order valence-electron chi connectivity index (χ2n) is 5.84. The maximum absolute atomic E-state index is 10.1. The SMILES string of the molecule is CCC(C)CNC1CC(C)c2c(C)ccc(O)c21. The summed E-state index contributed by atoms with van der Waals surface area (Å²) in [7, 11) is 0. The van der Waals surface area contributed by atoms with Crippen LogP contribution in [0, 0.1) is 12.8 Å². The minimum Gasteiger partial charge on any atom is -0.508 e. The van der Waals surface area contributed by atoms with Gasteiger partial charge in [0.2, 0.25) is 0 Å². The molecule has 18 heavy (non-hydrogen) atoms. The largest absolute Gasteiger partial charge is 0.508 e. The van der Waals surface area contributed by atoms with Gasteiger partial charge >= 0.3 is 0 Å². The highest BCUT2D eigenvalue weighted by Gasteiger charge is 2.31. The Balaban J connectivity index is 2.21. The predicted molar refractivity (Wildman–Crippen MR) is 76.1 cm³/mol. The molecule has 0 heterocycles. The van der Waals surface area contributed by atoms with Gasteiger partial charge in [0.25, 0.3) is 0 Å². The summed E-state index contributed by atoms with van der Waals surface area (Å²) in [6.45, 7) is 9.92. The number of aromatic hydroxyl groups is 1. The first kappa shape index (κ1) is 13.4. The Morgan fingerprint density at radius 1 is 1.39 bits per heavy atom. The topological polar surface area (TPSA) is 32.3 Å². The number of fused-ring (bicyclic) bond motifs is 1. The molecular weight excluding hydrogens is 222 g/mol. The summed E-state index contributed by atoms with van der Waals surface area (Å²) < 4.78 is 0. The van der Waals surface area contributed by atoms with E-state index in [-0.39, 0.29) is 0 Å².